The van der Waals surface area contributed by atoms with Gasteiger partial charge < -0.3 is 10.4 Å². The number of amides is 1. The maximum atomic E-state index is 12.6. The summed E-state index contributed by atoms with van der Waals surface area (Å²) in [6.07, 6.45) is 2.68. The Morgan fingerprint density at radius 2 is 2.00 bits per heavy atom. The largest absolute Gasteiger partial charge is 0.390 e. The molecule has 0 spiro atoms. The highest BCUT2D eigenvalue weighted by Crippen LogP contribution is 2.12. The SMILES string of the molecule is O=C(/C=C/c1ccc(Br)cc1)NCC(F)(F)CO. The lowest BCUT2D eigenvalue weighted by molar-refractivity contribution is -0.119. The van der Waals surface area contributed by atoms with E-state index in [-0.39, 0.29) is 0 Å². The van der Waals surface area contributed by atoms with Crippen LogP contribution >= 0.6 is 15.9 Å². The summed E-state index contributed by atoms with van der Waals surface area (Å²) in [5, 5.41) is 10.3. The Hall–Kier alpha value is -1.27. The lowest BCUT2D eigenvalue weighted by Crippen LogP contribution is -2.38. The highest BCUT2D eigenvalue weighted by Gasteiger charge is 2.27. The van der Waals surface area contributed by atoms with Gasteiger partial charge in [0.05, 0.1) is 6.54 Å². The van der Waals surface area contributed by atoms with Gasteiger partial charge in [0.1, 0.15) is 6.61 Å². The first-order valence-electron chi connectivity index (χ1n) is 5.13. The predicted octanol–water partition coefficient (Wildman–Crippen LogP) is 2.21. The van der Waals surface area contributed by atoms with Crippen LogP contribution in [-0.4, -0.2) is 30.1 Å². The summed E-state index contributed by atoms with van der Waals surface area (Å²) in [5.74, 6) is -3.92. The maximum absolute atomic E-state index is 12.6. The molecule has 0 aliphatic heterocycles. The Kier molecular flexibility index (Phi) is 5.43. The van der Waals surface area contributed by atoms with Crippen molar-refractivity contribution in [2.45, 2.75) is 5.92 Å². The third kappa shape index (κ3) is 5.37. The van der Waals surface area contributed by atoms with Crippen molar-refractivity contribution >= 4 is 27.9 Å². The summed E-state index contributed by atoms with van der Waals surface area (Å²) < 4.78 is 26.2. The van der Waals surface area contributed by atoms with Crippen molar-refractivity contribution in [2.75, 3.05) is 13.2 Å². The Labute approximate surface area is 112 Å². The first kappa shape index (κ1) is 14.8. The molecule has 0 bridgehead atoms. The Balaban J connectivity index is 2.47. The van der Waals surface area contributed by atoms with Crippen LogP contribution in [0.4, 0.5) is 8.78 Å². The molecule has 98 valence electrons. The van der Waals surface area contributed by atoms with E-state index in [0.717, 1.165) is 16.1 Å². The molecule has 0 aromatic heterocycles. The second kappa shape index (κ2) is 6.61. The molecule has 0 radical (unpaired) electrons. The van der Waals surface area contributed by atoms with Crippen molar-refractivity contribution in [3.63, 3.8) is 0 Å². The van der Waals surface area contributed by atoms with Gasteiger partial charge in [-0.1, -0.05) is 28.1 Å². The van der Waals surface area contributed by atoms with Gasteiger partial charge in [-0.15, -0.1) is 0 Å². The quantitative estimate of drug-likeness (QED) is 0.817. The van der Waals surface area contributed by atoms with E-state index in [0.29, 0.717) is 0 Å². The summed E-state index contributed by atoms with van der Waals surface area (Å²) in [6.45, 7) is -2.17. The van der Waals surface area contributed by atoms with E-state index in [4.69, 9.17) is 5.11 Å². The standard InChI is InChI=1S/C12H12BrF2NO2/c13-10-4-1-9(2-5-10)3-6-11(18)16-7-12(14,15)8-17/h1-6,17H,7-8H2,(H,16,18)/b6-3+. The average Bonchev–Trinajstić information content (AvgIpc) is 2.36. The van der Waals surface area contributed by atoms with Crippen LogP contribution in [0.2, 0.25) is 0 Å². The molecule has 0 atom stereocenters. The van der Waals surface area contributed by atoms with Gasteiger partial charge in [0.25, 0.3) is 5.92 Å². The van der Waals surface area contributed by atoms with Gasteiger partial charge in [-0.25, -0.2) is 8.78 Å². The molecule has 0 aliphatic rings. The Morgan fingerprint density at radius 3 is 2.56 bits per heavy atom. The van der Waals surface area contributed by atoms with E-state index in [1.807, 2.05) is 5.32 Å². The van der Waals surface area contributed by atoms with Gasteiger partial charge in [0.15, 0.2) is 0 Å². The topological polar surface area (TPSA) is 49.3 Å². The summed E-state index contributed by atoms with van der Waals surface area (Å²) in [7, 11) is 0. The molecule has 6 heteroatoms. The molecular formula is C12H12BrF2NO2. The van der Waals surface area contributed by atoms with E-state index < -0.39 is 25.0 Å². The monoisotopic (exact) mass is 319 g/mol. The normalized spacial score (nSPS) is 11.8. The number of hydrogen-bond acceptors (Lipinski definition) is 2. The molecule has 1 rings (SSSR count). The Morgan fingerprint density at radius 1 is 1.39 bits per heavy atom. The number of nitrogens with one attached hydrogen (secondary N) is 1. The number of carbonyl (C=O) groups is 1. The van der Waals surface area contributed by atoms with E-state index in [9.17, 15) is 13.6 Å². The molecule has 1 aromatic rings. The molecule has 18 heavy (non-hydrogen) atoms. The van der Waals surface area contributed by atoms with Crippen LogP contribution in [0.5, 0.6) is 0 Å². The van der Waals surface area contributed by atoms with Gasteiger partial charge in [-0.05, 0) is 23.8 Å². The molecule has 0 heterocycles. The third-order valence-electron chi connectivity index (χ3n) is 2.05. The second-order valence-electron chi connectivity index (χ2n) is 3.62. The number of alkyl halides is 2. The molecule has 0 fully saturated rings. The molecule has 2 N–H and O–H groups in total. The van der Waals surface area contributed by atoms with Crippen LogP contribution in [0.15, 0.2) is 34.8 Å². The summed E-state index contributed by atoms with van der Waals surface area (Å²) in [5.41, 5.74) is 0.780. The molecule has 0 saturated carbocycles. The molecule has 0 unspecified atom stereocenters. The average molecular weight is 320 g/mol. The van der Waals surface area contributed by atoms with Crippen LogP contribution in [0.3, 0.4) is 0 Å². The number of carbonyl (C=O) groups excluding carboxylic acids is 1. The van der Waals surface area contributed by atoms with Crippen molar-refractivity contribution in [3.8, 4) is 0 Å². The number of aliphatic hydroxyl groups is 1. The van der Waals surface area contributed by atoms with Crippen LogP contribution in [-0.2, 0) is 4.79 Å². The van der Waals surface area contributed by atoms with Crippen LogP contribution < -0.4 is 5.32 Å². The zero-order valence-corrected chi connectivity index (χ0v) is 11.0. The number of hydrogen-bond donors (Lipinski definition) is 2. The molecule has 3 nitrogen and oxygen atoms in total. The lowest BCUT2D eigenvalue weighted by Gasteiger charge is -2.12. The molecule has 0 aliphatic carbocycles. The maximum Gasteiger partial charge on any atom is 0.287 e. The number of rotatable bonds is 5. The van der Waals surface area contributed by atoms with Crippen molar-refractivity contribution in [2.24, 2.45) is 0 Å². The minimum atomic E-state index is -3.29. The smallest absolute Gasteiger partial charge is 0.287 e. The fourth-order valence-corrected chi connectivity index (χ4v) is 1.34. The number of benzene rings is 1. The summed E-state index contributed by atoms with van der Waals surface area (Å²) in [6, 6.07) is 7.15. The van der Waals surface area contributed by atoms with Gasteiger partial charge in [0, 0.05) is 10.5 Å². The molecular weight excluding hydrogens is 308 g/mol. The molecule has 1 amide bonds. The minimum absolute atomic E-state index is 0.633. The van der Waals surface area contributed by atoms with Gasteiger partial charge >= 0.3 is 0 Å². The minimum Gasteiger partial charge on any atom is -0.390 e. The van der Waals surface area contributed by atoms with Crippen LogP contribution in [0.25, 0.3) is 6.08 Å². The fourth-order valence-electron chi connectivity index (χ4n) is 1.08. The van der Waals surface area contributed by atoms with Crippen molar-refractivity contribution in [1.29, 1.82) is 0 Å². The first-order chi connectivity index (χ1) is 8.43. The van der Waals surface area contributed by atoms with Gasteiger partial charge in [-0.2, -0.15) is 0 Å². The third-order valence-corrected chi connectivity index (χ3v) is 2.58. The van der Waals surface area contributed by atoms with E-state index in [1.165, 1.54) is 6.08 Å². The highest BCUT2D eigenvalue weighted by atomic mass is 79.9. The predicted molar refractivity (Wildman–Crippen MR) is 68.2 cm³/mol. The summed E-state index contributed by atoms with van der Waals surface area (Å²) in [4.78, 5) is 11.2. The van der Waals surface area contributed by atoms with Crippen molar-refractivity contribution < 1.29 is 18.7 Å². The van der Waals surface area contributed by atoms with Crippen LogP contribution in [0, 0.1) is 0 Å². The van der Waals surface area contributed by atoms with Gasteiger partial charge in [-0.3, -0.25) is 4.79 Å². The first-order valence-corrected chi connectivity index (χ1v) is 5.92. The van der Waals surface area contributed by atoms with E-state index in [1.54, 1.807) is 24.3 Å². The number of aliphatic hydroxyl groups excluding tert-OH is 1. The molecule has 0 saturated heterocycles. The van der Waals surface area contributed by atoms with E-state index in [2.05, 4.69) is 15.9 Å². The van der Waals surface area contributed by atoms with Crippen LogP contribution in [0.1, 0.15) is 5.56 Å². The highest BCUT2D eigenvalue weighted by molar-refractivity contribution is 9.10. The second-order valence-corrected chi connectivity index (χ2v) is 4.53. The lowest BCUT2D eigenvalue weighted by atomic mass is 10.2. The summed E-state index contributed by atoms with van der Waals surface area (Å²) >= 11 is 3.27. The van der Waals surface area contributed by atoms with Gasteiger partial charge in [0.2, 0.25) is 5.91 Å². The Bertz CT molecular complexity index is 432. The fraction of sp³-hybridized carbons (Fsp3) is 0.250. The van der Waals surface area contributed by atoms with E-state index >= 15 is 0 Å². The van der Waals surface area contributed by atoms with Crippen molar-refractivity contribution in [3.05, 3.63) is 40.4 Å². The van der Waals surface area contributed by atoms with Crippen molar-refractivity contribution in [1.82, 2.24) is 5.32 Å². The molecule has 1 aromatic carbocycles. The zero-order chi connectivity index (χ0) is 13.6. The zero-order valence-electron chi connectivity index (χ0n) is 9.37. The number of halogens is 3.